The molecule has 0 radical (unpaired) electrons. The summed E-state index contributed by atoms with van der Waals surface area (Å²) in [4.78, 5) is 39.7. The predicted octanol–water partition coefficient (Wildman–Crippen LogP) is -0.447. The van der Waals surface area contributed by atoms with E-state index in [1.165, 1.54) is 0 Å². The quantitative estimate of drug-likeness (QED) is 0.629. The van der Waals surface area contributed by atoms with E-state index in [1.807, 2.05) is 49.1 Å². The lowest BCUT2D eigenvalue weighted by Crippen LogP contribution is -2.89. The van der Waals surface area contributed by atoms with Crippen LogP contribution in [0.15, 0.2) is 30.3 Å². The molecule has 3 rings (SSSR count). The number of hydrogen-bond acceptors (Lipinski definition) is 4. The van der Waals surface area contributed by atoms with Gasteiger partial charge in [0.2, 0.25) is 5.91 Å². The number of carboxylic acids is 1. The van der Waals surface area contributed by atoms with Gasteiger partial charge in [-0.2, -0.15) is 0 Å². The van der Waals surface area contributed by atoms with Crippen LogP contribution < -0.4 is 15.7 Å². The average molecular weight is 416 g/mol. The molecule has 2 heterocycles. The van der Waals surface area contributed by atoms with E-state index in [2.05, 4.69) is 10.6 Å². The van der Waals surface area contributed by atoms with Gasteiger partial charge >= 0.3 is 0 Å². The number of hydrogen-bond donors (Lipinski definition) is 2. The average Bonchev–Trinajstić information content (AvgIpc) is 3.28. The van der Waals surface area contributed by atoms with E-state index in [4.69, 9.17) is 0 Å². The van der Waals surface area contributed by atoms with E-state index in [0.717, 1.165) is 24.9 Å². The lowest BCUT2D eigenvalue weighted by Gasteiger charge is -2.42. The van der Waals surface area contributed by atoms with Crippen molar-refractivity contribution in [1.82, 2.24) is 10.2 Å². The molecular weight excluding hydrogens is 382 g/mol. The second-order valence-corrected chi connectivity index (χ2v) is 9.02. The number of piperidine rings is 1. The Kier molecular flexibility index (Phi) is 7.13. The summed E-state index contributed by atoms with van der Waals surface area (Å²) in [5, 5.41) is 16.4. The molecule has 2 fully saturated rings. The smallest absolute Gasteiger partial charge is 0.280 e. The first-order valence-electron chi connectivity index (χ1n) is 11.0. The first-order valence-corrected chi connectivity index (χ1v) is 11.0. The van der Waals surface area contributed by atoms with Crippen LogP contribution in [-0.4, -0.2) is 54.4 Å². The highest BCUT2D eigenvalue weighted by Gasteiger charge is 2.45. The molecule has 0 spiro atoms. The zero-order chi connectivity index (χ0) is 21.7. The van der Waals surface area contributed by atoms with Crippen molar-refractivity contribution in [1.29, 1.82) is 0 Å². The number of nitrogens with two attached hydrogens (primary N) is 1. The fraction of sp³-hybridized carbons (Fsp3) is 0.609. The molecule has 0 unspecified atom stereocenters. The Morgan fingerprint density at radius 2 is 1.87 bits per heavy atom. The maximum atomic E-state index is 13.4. The first kappa shape index (κ1) is 22.3. The topological polar surface area (TPSA) is 106 Å². The summed E-state index contributed by atoms with van der Waals surface area (Å²) in [5.41, 5.74) is 0.0194. The van der Waals surface area contributed by atoms with E-state index in [9.17, 15) is 19.5 Å². The Morgan fingerprint density at radius 3 is 2.40 bits per heavy atom. The van der Waals surface area contributed by atoms with Crippen LogP contribution in [0, 0.1) is 5.92 Å². The molecule has 7 heteroatoms. The van der Waals surface area contributed by atoms with Crippen molar-refractivity contribution in [2.75, 3.05) is 19.6 Å². The second kappa shape index (κ2) is 9.60. The second-order valence-electron chi connectivity index (χ2n) is 9.02. The standard InChI is InChI=1S/C23H33N3O4/c1-16(2)15-19(21(28)29)25-22(30)23(17-7-4-3-5-8-17)10-13-26(14-11-23)20(27)18-9-6-12-24-18/h3-5,7-8,16,18-19,24H,6,9-15H2,1-2H3,(H,25,30)(H,28,29)/t18-,19+/m0/s1. The number of rotatable bonds is 7. The fourth-order valence-electron chi connectivity index (χ4n) is 4.73. The Morgan fingerprint density at radius 1 is 1.20 bits per heavy atom. The molecule has 0 bridgehead atoms. The van der Waals surface area contributed by atoms with Crippen LogP contribution in [0.1, 0.15) is 51.5 Å². The summed E-state index contributed by atoms with van der Waals surface area (Å²) < 4.78 is 0. The van der Waals surface area contributed by atoms with Crippen LogP contribution in [-0.2, 0) is 19.8 Å². The summed E-state index contributed by atoms with van der Waals surface area (Å²) >= 11 is 0. The molecule has 0 aromatic heterocycles. The molecule has 1 aromatic rings. The molecule has 164 valence electrons. The van der Waals surface area contributed by atoms with E-state index >= 15 is 0 Å². The van der Waals surface area contributed by atoms with Crippen LogP contribution in [0.25, 0.3) is 0 Å². The van der Waals surface area contributed by atoms with Crippen LogP contribution in [0.4, 0.5) is 0 Å². The van der Waals surface area contributed by atoms with Gasteiger partial charge in [0.25, 0.3) is 5.91 Å². The Bertz CT molecular complexity index is 751. The summed E-state index contributed by atoms with van der Waals surface area (Å²) in [7, 11) is 0. The summed E-state index contributed by atoms with van der Waals surface area (Å²) in [6, 6.07) is 8.48. The Labute approximate surface area is 178 Å². The highest BCUT2D eigenvalue weighted by Crippen LogP contribution is 2.36. The highest BCUT2D eigenvalue weighted by atomic mass is 16.4. The summed E-state index contributed by atoms with van der Waals surface area (Å²) in [6.45, 7) is 5.80. The van der Waals surface area contributed by atoms with E-state index in [1.54, 1.807) is 0 Å². The minimum absolute atomic E-state index is 0.00319. The maximum Gasteiger partial charge on any atom is 0.280 e. The molecule has 30 heavy (non-hydrogen) atoms. The number of likely N-dealkylation sites (tertiary alicyclic amines) is 1. The third kappa shape index (κ3) is 4.83. The molecule has 2 saturated heterocycles. The highest BCUT2D eigenvalue weighted by molar-refractivity contribution is 5.92. The number of carbonyl (C=O) groups is 3. The largest absolute Gasteiger partial charge is 0.548 e. The van der Waals surface area contributed by atoms with Gasteiger partial charge in [-0.05, 0) is 30.7 Å². The zero-order valence-electron chi connectivity index (χ0n) is 17.9. The molecular formula is C23H33N3O4. The maximum absolute atomic E-state index is 13.4. The molecule has 0 saturated carbocycles. The van der Waals surface area contributed by atoms with Crippen molar-refractivity contribution < 1.29 is 24.8 Å². The molecule has 2 amide bonds. The molecule has 2 atom stereocenters. The van der Waals surface area contributed by atoms with Gasteiger partial charge < -0.3 is 25.4 Å². The molecule has 2 aliphatic heterocycles. The molecule has 3 N–H and O–H groups in total. The van der Waals surface area contributed by atoms with Gasteiger partial charge in [-0.3, -0.25) is 9.59 Å². The molecule has 7 nitrogen and oxygen atoms in total. The predicted molar refractivity (Wildman–Crippen MR) is 110 cm³/mol. The van der Waals surface area contributed by atoms with Gasteiger partial charge in [0.05, 0.1) is 24.0 Å². The summed E-state index contributed by atoms with van der Waals surface area (Å²) in [5.74, 6) is -1.28. The minimum Gasteiger partial charge on any atom is -0.548 e. The molecule has 0 aliphatic carbocycles. The number of nitrogens with zero attached hydrogens (tertiary/aromatic N) is 1. The fourth-order valence-corrected chi connectivity index (χ4v) is 4.73. The number of amides is 2. The van der Waals surface area contributed by atoms with Crippen molar-refractivity contribution in [2.24, 2.45) is 5.92 Å². The van der Waals surface area contributed by atoms with Gasteiger partial charge in [0.15, 0.2) is 6.04 Å². The van der Waals surface area contributed by atoms with E-state index in [-0.39, 0.29) is 23.8 Å². The number of carboxylic acid groups (broad SMARTS) is 1. The third-order valence-corrected chi connectivity index (χ3v) is 6.47. The summed E-state index contributed by atoms with van der Waals surface area (Å²) in [6.07, 6.45) is 3.23. The number of aliphatic carboxylic acids is 1. The normalized spacial score (nSPS) is 22.0. The first-order chi connectivity index (χ1) is 14.3. The van der Waals surface area contributed by atoms with Gasteiger partial charge in [0.1, 0.15) is 0 Å². The SMILES string of the molecule is CC(C)C[C@@H](NC(=O)C1(c2ccccc2)CCN(C(=O)[C@@H]2CCC[NH2+]2)CC1)C(=O)[O-]. The van der Waals surface area contributed by atoms with Gasteiger partial charge in [-0.15, -0.1) is 0 Å². The molecule has 2 aliphatic rings. The van der Waals surface area contributed by atoms with Crippen molar-refractivity contribution in [3.05, 3.63) is 35.9 Å². The van der Waals surface area contributed by atoms with Crippen LogP contribution >= 0.6 is 0 Å². The number of quaternary nitrogens is 1. The Hall–Kier alpha value is -2.41. The lowest BCUT2D eigenvalue weighted by atomic mass is 9.71. The lowest BCUT2D eigenvalue weighted by molar-refractivity contribution is -0.658. The number of carbonyl (C=O) groups excluding carboxylic acids is 3. The van der Waals surface area contributed by atoms with Crippen LogP contribution in [0.3, 0.4) is 0 Å². The zero-order valence-corrected chi connectivity index (χ0v) is 17.9. The van der Waals surface area contributed by atoms with Gasteiger partial charge in [-0.25, -0.2) is 0 Å². The van der Waals surface area contributed by atoms with Gasteiger partial charge in [0, 0.05) is 25.9 Å². The third-order valence-electron chi connectivity index (χ3n) is 6.47. The van der Waals surface area contributed by atoms with Crippen molar-refractivity contribution in [3.63, 3.8) is 0 Å². The van der Waals surface area contributed by atoms with Crippen molar-refractivity contribution >= 4 is 17.8 Å². The number of nitrogens with one attached hydrogen (secondary N) is 1. The van der Waals surface area contributed by atoms with Gasteiger partial charge in [-0.1, -0.05) is 44.2 Å². The number of benzene rings is 1. The van der Waals surface area contributed by atoms with Crippen LogP contribution in [0.5, 0.6) is 0 Å². The monoisotopic (exact) mass is 415 g/mol. The van der Waals surface area contributed by atoms with E-state index < -0.39 is 17.4 Å². The minimum atomic E-state index is -1.26. The van der Waals surface area contributed by atoms with Crippen molar-refractivity contribution in [2.45, 2.75) is 63.5 Å². The van der Waals surface area contributed by atoms with E-state index in [0.29, 0.717) is 32.4 Å². The van der Waals surface area contributed by atoms with Crippen LogP contribution in [0.2, 0.25) is 0 Å². The molecule has 1 aromatic carbocycles. The van der Waals surface area contributed by atoms with Crippen molar-refractivity contribution in [3.8, 4) is 0 Å². The Balaban J connectivity index is 1.79.